The first-order valence-electron chi connectivity index (χ1n) is 5.91. The smallest absolute Gasteiger partial charge is 0.358 e. The molecular weight excluding hydrogens is 258 g/mol. The van der Waals surface area contributed by atoms with E-state index >= 15 is 0 Å². The van der Waals surface area contributed by atoms with Crippen molar-refractivity contribution in [2.24, 2.45) is 0 Å². The Morgan fingerprint density at radius 1 is 1.35 bits per heavy atom. The normalized spacial score (nSPS) is 10.7. The summed E-state index contributed by atoms with van der Waals surface area (Å²) in [6.45, 7) is 0. The van der Waals surface area contributed by atoms with Crippen molar-refractivity contribution in [3.8, 4) is 17.0 Å². The first-order valence-corrected chi connectivity index (χ1v) is 5.91. The number of imidazole rings is 1. The minimum absolute atomic E-state index is 0.0753. The van der Waals surface area contributed by atoms with Crippen LogP contribution >= 0.6 is 0 Å². The number of rotatable bonds is 3. The number of para-hydroxylation sites is 1. The van der Waals surface area contributed by atoms with Gasteiger partial charge in [0.25, 0.3) is 0 Å². The van der Waals surface area contributed by atoms with Crippen LogP contribution in [-0.4, -0.2) is 32.6 Å². The molecule has 1 aromatic carbocycles. The molecule has 0 saturated carbocycles. The molecule has 0 aliphatic carbocycles. The maximum absolute atomic E-state index is 11.1. The number of carboxylic acids is 1. The largest absolute Gasteiger partial charge is 0.496 e. The number of aromatic nitrogens is 3. The Kier molecular flexibility index (Phi) is 2.83. The van der Waals surface area contributed by atoms with Crippen LogP contribution in [0.1, 0.15) is 10.5 Å². The second kappa shape index (κ2) is 4.65. The van der Waals surface area contributed by atoms with Crippen molar-refractivity contribution in [2.75, 3.05) is 7.11 Å². The molecular formula is C14H11N3O3. The molecule has 0 aliphatic heterocycles. The molecule has 0 radical (unpaired) electrons. The molecule has 20 heavy (non-hydrogen) atoms. The van der Waals surface area contributed by atoms with Gasteiger partial charge in [0, 0.05) is 24.2 Å². The van der Waals surface area contributed by atoms with E-state index in [2.05, 4.69) is 9.97 Å². The standard InChI is InChI=1S/C14H11N3O3/c1-20-11-5-3-2-4-9(11)10-8-17-7-6-15-12(14(18)19)13(17)16-10/h2-8H,1H3,(H,18,19). The van der Waals surface area contributed by atoms with Crippen molar-refractivity contribution < 1.29 is 14.6 Å². The average Bonchev–Trinajstić information content (AvgIpc) is 2.90. The zero-order valence-electron chi connectivity index (χ0n) is 10.6. The number of hydrogen-bond donors (Lipinski definition) is 1. The van der Waals surface area contributed by atoms with Crippen LogP contribution in [0.3, 0.4) is 0 Å². The van der Waals surface area contributed by atoms with E-state index < -0.39 is 5.97 Å². The van der Waals surface area contributed by atoms with E-state index in [1.807, 2.05) is 24.3 Å². The van der Waals surface area contributed by atoms with Crippen LogP contribution in [0.25, 0.3) is 16.9 Å². The third-order valence-electron chi connectivity index (χ3n) is 2.96. The molecule has 0 aliphatic rings. The van der Waals surface area contributed by atoms with Crippen LogP contribution < -0.4 is 4.74 Å². The monoisotopic (exact) mass is 269 g/mol. The molecule has 6 heteroatoms. The van der Waals surface area contributed by atoms with Gasteiger partial charge in [-0.3, -0.25) is 0 Å². The van der Waals surface area contributed by atoms with Crippen LogP contribution in [0.4, 0.5) is 0 Å². The van der Waals surface area contributed by atoms with Gasteiger partial charge in [0.2, 0.25) is 0 Å². The number of nitrogens with zero attached hydrogens (tertiary/aromatic N) is 3. The number of carbonyl (C=O) groups is 1. The number of aromatic carboxylic acids is 1. The third-order valence-corrected chi connectivity index (χ3v) is 2.96. The predicted molar refractivity (Wildman–Crippen MR) is 71.9 cm³/mol. The van der Waals surface area contributed by atoms with Gasteiger partial charge in [-0.25, -0.2) is 14.8 Å². The Bertz CT molecular complexity index is 795. The van der Waals surface area contributed by atoms with Crippen molar-refractivity contribution in [2.45, 2.75) is 0 Å². The number of fused-ring (bicyclic) bond motifs is 1. The van der Waals surface area contributed by atoms with E-state index in [-0.39, 0.29) is 5.69 Å². The molecule has 0 saturated heterocycles. The summed E-state index contributed by atoms with van der Waals surface area (Å²) in [6.07, 6.45) is 4.85. The van der Waals surface area contributed by atoms with Gasteiger partial charge in [0.05, 0.1) is 12.8 Å². The SMILES string of the molecule is COc1ccccc1-c1cn2ccnc(C(=O)O)c2n1. The van der Waals surface area contributed by atoms with Crippen molar-refractivity contribution >= 4 is 11.6 Å². The number of methoxy groups -OCH3 is 1. The molecule has 0 fully saturated rings. The highest BCUT2D eigenvalue weighted by molar-refractivity contribution is 5.92. The topological polar surface area (TPSA) is 76.7 Å². The van der Waals surface area contributed by atoms with Crippen molar-refractivity contribution in [3.63, 3.8) is 0 Å². The molecule has 2 aromatic heterocycles. The van der Waals surface area contributed by atoms with Gasteiger partial charge in [-0.2, -0.15) is 0 Å². The highest BCUT2D eigenvalue weighted by atomic mass is 16.5. The van der Waals surface area contributed by atoms with Crippen LogP contribution in [0.2, 0.25) is 0 Å². The fraction of sp³-hybridized carbons (Fsp3) is 0.0714. The Hall–Kier alpha value is -2.89. The van der Waals surface area contributed by atoms with E-state index in [9.17, 15) is 4.79 Å². The zero-order valence-corrected chi connectivity index (χ0v) is 10.6. The lowest BCUT2D eigenvalue weighted by atomic mass is 10.1. The molecule has 3 aromatic rings. The van der Waals surface area contributed by atoms with E-state index in [0.717, 1.165) is 5.56 Å². The van der Waals surface area contributed by atoms with Gasteiger partial charge in [0.15, 0.2) is 11.3 Å². The number of carboxylic acid groups (broad SMARTS) is 1. The summed E-state index contributed by atoms with van der Waals surface area (Å²) in [5.41, 5.74) is 1.67. The molecule has 6 nitrogen and oxygen atoms in total. The Morgan fingerprint density at radius 2 is 2.15 bits per heavy atom. The van der Waals surface area contributed by atoms with Crippen LogP contribution in [-0.2, 0) is 0 Å². The maximum Gasteiger partial charge on any atom is 0.358 e. The molecule has 2 heterocycles. The average molecular weight is 269 g/mol. The van der Waals surface area contributed by atoms with Crippen molar-refractivity contribution in [3.05, 3.63) is 48.5 Å². The highest BCUT2D eigenvalue weighted by Crippen LogP contribution is 2.29. The fourth-order valence-corrected chi connectivity index (χ4v) is 2.06. The molecule has 0 atom stereocenters. The molecule has 0 amide bonds. The lowest BCUT2D eigenvalue weighted by Crippen LogP contribution is -2.03. The Balaban J connectivity index is 2.23. The van der Waals surface area contributed by atoms with Gasteiger partial charge in [0.1, 0.15) is 5.75 Å². The van der Waals surface area contributed by atoms with E-state index in [4.69, 9.17) is 9.84 Å². The first-order chi connectivity index (χ1) is 9.70. The van der Waals surface area contributed by atoms with Crippen molar-refractivity contribution in [1.29, 1.82) is 0 Å². The molecule has 0 unspecified atom stereocenters. The summed E-state index contributed by atoms with van der Waals surface area (Å²) in [7, 11) is 1.58. The number of ether oxygens (including phenoxy) is 1. The predicted octanol–water partition coefficient (Wildman–Crippen LogP) is 2.10. The summed E-state index contributed by atoms with van der Waals surface area (Å²) >= 11 is 0. The van der Waals surface area contributed by atoms with Crippen LogP contribution in [0.5, 0.6) is 5.75 Å². The number of benzene rings is 1. The fourth-order valence-electron chi connectivity index (χ4n) is 2.06. The highest BCUT2D eigenvalue weighted by Gasteiger charge is 2.15. The lowest BCUT2D eigenvalue weighted by Gasteiger charge is -2.04. The minimum atomic E-state index is -1.10. The number of hydrogen-bond acceptors (Lipinski definition) is 4. The van der Waals surface area contributed by atoms with Gasteiger partial charge in [-0.15, -0.1) is 0 Å². The molecule has 100 valence electrons. The van der Waals surface area contributed by atoms with E-state index in [1.165, 1.54) is 6.20 Å². The molecule has 0 bridgehead atoms. The molecule has 0 spiro atoms. The van der Waals surface area contributed by atoms with Gasteiger partial charge in [-0.05, 0) is 12.1 Å². The van der Waals surface area contributed by atoms with E-state index in [1.54, 1.807) is 23.9 Å². The molecule has 1 N–H and O–H groups in total. The zero-order chi connectivity index (χ0) is 14.1. The summed E-state index contributed by atoms with van der Waals surface area (Å²) in [5, 5.41) is 9.12. The Morgan fingerprint density at radius 3 is 2.90 bits per heavy atom. The van der Waals surface area contributed by atoms with Crippen molar-refractivity contribution in [1.82, 2.24) is 14.4 Å². The van der Waals surface area contributed by atoms with Crippen LogP contribution in [0.15, 0.2) is 42.9 Å². The van der Waals surface area contributed by atoms with Gasteiger partial charge >= 0.3 is 5.97 Å². The van der Waals surface area contributed by atoms with Gasteiger partial charge < -0.3 is 14.2 Å². The van der Waals surface area contributed by atoms with E-state index in [0.29, 0.717) is 17.1 Å². The maximum atomic E-state index is 11.1. The first kappa shape index (κ1) is 12.2. The summed E-state index contributed by atoms with van der Waals surface area (Å²) < 4.78 is 6.93. The van der Waals surface area contributed by atoms with Crippen LogP contribution in [0, 0.1) is 0 Å². The second-order valence-corrected chi connectivity index (χ2v) is 4.14. The quantitative estimate of drug-likeness (QED) is 0.788. The summed E-state index contributed by atoms with van der Waals surface area (Å²) in [6, 6.07) is 7.44. The lowest BCUT2D eigenvalue weighted by molar-refractivity contribution is 0.0692. The Labute approximate surface area is 114 Å². The third kappa shape index (κ3) is 1.87. The minimum Gasteiger partial charge on any atom is -0.496 e. The summed E-state index contributed by atoms with van der Waals surface area (Å²) in [5.74, 6) is -0.423. The molecule has 3 rings (SSSR count). The summed E-state index contributed by atoms with van der Waals surface area (Å²) in [4.78, 5) is 19.3. The van der Waals surface area contributed by atoms with Gasteiger partial charge in [-0.1, -0.05) is 12.1 Å². The second-order valence-electron chi connectivity index (χ2n) is 4.14.